The van der Waals surface area contributed by atoms with Gasteiger partial charge in [0.25, 0.3) is 0 Å². The van der Waals surface area contributed by atoms with E-state index in [4.69, 9.17) is 4.42 Å². The number of fused-ring (bicyclic) bond motifs is 5. The number of para-hydroxylation sites is 2. The molecule has 4 heterocycles. The minimum absolute atomic E-state index is 0.00271. The van der Waals surface area contributed by atoms with Gasteiger partial charge in [-0.2, -0.15) is 0 Å². The first kappa shape index (κ1) is 16.1. The quantitative estimate of drug-likeness (QED) is 0.400. The number of nitrogens with zero attached hydrogens (tertiary/aromatic N) is 2. The van der Waals surface area contributed by atoms with Gasteiger partial charge in [-0.25, -0.2) is 0 Å². The molecule has 0 saturated carbocycles. The molecule has 7 rings (SSSR count). The Balaban J connectivity index is 1.61. The van der Waals surface area contributed by atoms with E-state index < -0.39 is 0 Å². The van der Waals surface area contributed by atoms with Gasteiger partial charge in [0.1, 0.15) is 11.2 Å². The zero-order valence-electron chi connectivity index (χ0n) is 16.6. The van der Waals surface area contributed by atoms with Crippen LogP contribution in [0.25, 0.3) is 21.9 Å². The van der Waals surface area contributed by atoms with Crippen LogP contribution < -0.4 is 9.80 Å². The summed E-state index contributed by atoms with van der Waals surface area (Å²) in [4.78, 5) is 5.19. The van der Waals surface area contributed by atoms with E-state index in [0.29, 0.717) is 6.17 Å². The van der Waals surface area contributed by atoms with E-state index >= 15 is 0 Å². The summed E-state index contributed by atoms with van der Waals surface area (Å²) in [6.45, 7) is 8.07. The lowest BCUT2D eigenvalue weighted by molar-refractivity contribution is 0.294. The molecule has 28 heavy (non-hydrogen) atoms. The lowest BCUT2D eigenvalue weighted by atomic mass is 9.77. The zero-order chi connectivity index (χ0) is 19.0. The minimum Gasteiger partial charge on any atom is -0.456 e. The van der Waals surface area contributed by atoms with Crippen LogP contribution >= 0.6 is 0 Å². The van der Waals surface area contributed by atoms with Crippen molar-refractivity contribution in [3.8, 4) is 0 Å². The average Bonchev–Trinajstić information content (AvgIpc) is 3.05. The molecule has 3 aliphatic heterocycles. The number of hydrogen-bond acceptors (Lipinski definition) is 3. The summed E-state index contributed by atoms with van der Waals surface area (Å²) in [6, 6.07) is 21.8. The van der Waals surface area contributed by atoms with Gasteiger partial charge in [0.15, 0.2) is 0 Å². The van der Waals surface area contributed by atoms with E-state index in [9.17, 15) is 0 Å². The second kappa shape index (κ2) is 5.32. The molecular formula is C25H24N2O. The number of anilines is 2. The molecule has 0 aliphatic carbocycles. The number of rotatable bonds is 1. The van der Waals surface area contributed by atoms with Crippen molar-refractivity contribution < 1.29 is 4.42 Å². The van der Waals surface area contributed by atoms with E-state index in [1.165, 1.54) is 33.3 Å². The maximum Gasteiger partial charge on any atom is 0.135 e. The summed E-state index contributed by atoms with van der Waals surface area (Å²) in [5.41, 5.74) is 7.36. The largest absolute Gasteiger partial charge is 0.456 e. The predicted octanol–water partition coefficient (Wildman–Crippen LogP) is 6.19. The second-order valence-corrected chi connectivity index (χ2v) is 8.47. The smallest absolute Gasteiger partial charge is 0.135 e. The first-order valence-electron chi connectivity index (χ1n) is 10.2. The van der Waals surface area contributed by atoms with E-state index in [0.717, 1.165) is 24.1 Å². The normalized spacial score (nSPS) is 23.6. The van der Waals surface area contributed by atoms with Gasteiger partial charge in [-0.3, -0.25) is 0 Å². The molecular weight excluding hydrogens is 344 g/mol. The first-order chi connectivity index (χ1) is 13.6. The van der Waals surface area contributed by atoms with Crippen LogP contribution in [0.5, 0.6) is 0 Å². The third-order valence-corrected chi connectivity index (χ3v) is 6.94. The minimum atomic E-state index is 0.00271. The molecule has 0 radical (unpaired) electrons. The van der Waals surface area contributed by atoms with Crippen LogP contribution in [0.3, 0.4) is 0 Å². The highest BCUT2D eigenvalue weighted by Gasteiger charge is 2.49. The van der Waals surface area contributed by atoms with Crippen LogP contribution in [0.15, 0.2) is 65.1 Å². The van der Waals surface area contributed by atoms with Crippen LogP contribution in [0.1, 0.15) is 31.4 Å². The zero-order valence-corrected chi connectivity index (χ0v) is 16.6. The third-order valence-electron chi connectivity index (χ3n) is 6.94. The SMILES string of the molecule is Cc1cc2oc3ccccc3c2cc1N1C(C)N2CCC1(C)c1ccccc12. The summed E-state index contributed by atoms with van der Waals surface area (Å²) in [7, 11) is 0. The summed E-state index contributed by atoms with van der Waals surface area (Å²) >= 11 is 0. The van der Waals surface area contributed by atoms with Gasteiger partial charge in [-0.1, -0.05) is 36.4 Å². The maximum atomic E-state index is 6.12. The maximum absolute atomic E-state index is 6.12. The van der Waals surface area contributed by atoms with E-state index in [1.807, 2.05) is 6.07 Å². The molecule has 3 nitrogen and oxygen atoms in total. The van der Waals surface area contributed by atoms with Gasteiger partial charge in [0.2, 0.25) is 0 Å². The molecule has 3 aromatic carbocycles. The summed E-state index contributed by atoms with van der Waals surface area (Å²) in [6.07, 6.45) is 1.46. The monoisotopic (exact) mass is 368 g/mol. The fourth-order valence-corrected chi connectivity index (χ4v) is 5.55. The van der Waals surface area contributed by atoms with Crippen molar-refractivity contribution in [2.75, 3.05) is 16.3 Å². The fourth-order valence-electron chi connectivity index (χ4n) is 5.55. The summed E-state index contributed by atoms with van der Waals surface area (Å²) in [5.74, 6) is 0. The Morgan fingerprint density at radius 3 is 2.61 bits per heavy atom. The van der Waals surface area contributed by atoms with Gasteiger partial charge >= 0.3 is 0 Å². The van der Waals surface area contributed by atoms with Gasteiger partial charge in [0.05, 0.1) is 11.7 Å². The van der Waals surface area contributed by atoms with Crippen LogP contribution in [-0.2, 0) is 5.54 Å². The predicted molar refractivity (Wildman–Crippen MR) is 116 cm³/mol. The van der Waals surface area contributed by atoms with E-state index in [1.54, 1.807) is 0 Å². The highest BCUT2D eigenvalue weighted by molar-refractivity contribution is 6.06. The number of aryl methyl sites for hydroxylation is 1. The first-order valence-corrected chi connectivity index (χ1v) is 10.2. The average molecular weight is 368 g/mol. The summed E-state index contributed by atoms with van der Waals surface area (Å²) < 4.78 is 6.12. The topological polar surface area (TPSA) is 19.6 Å². The molecule has 1 fully saturated rings. The van der Waals surface area contributed by atoms with Crippen molar-refractivity contribution in [1.82, 2.24) is 0 Å². The molecule has 140 valence electrons. The number of furan rings is 1. The van der Waals surface area contributed by atoms with Crippen molar-refractivity contribution >= 4 is 33.3 Å². The van der Waals surface area contributed by atoms with Crippen LogP contribution in [-0.4, -0.2) is 12.7 Å². The Bertz CT molecular complexity index is 1240. The molecule has 2 atom stereocenters. The molecule has 0 N–H and O–H groups in total. The van der Waals surface area contributed by atoms with Crippen molar-refractivity contribution in [2.45, 2.75) is 38.9 Å². The molecule has 2 unspecified atom stereocenters. The molecule has 1 saturated heterocycles. The lowest BCUT2D eigenvalue weighted by Crippen LogP contribution is -2.66. The van der Waals surface area contributed by atoms with Gasteiger partial charge in [-0.05, 0) is 57.0 Å². The van der Waals surface area contributed by atoms with Crippen molar-refractivity contribution in [3.63, 3.8) is 0 Å². The number of benzene rings is 3. The third kappa shape index (κ3) is 1.89. The molecule has 0 spiro atoms. The highest BCUT2D eigenvalue weighted by Crippen LogP contribution is 2.52. The van der Waals surface area contributed by atoms with Crippen molar-refractivity contribution in [3.05, 3.63) is 71.8 Å². The van der Waals surface area contributed by atoms with Gasteiger partial charge in [-0.15, -0.1) is 0 Å². The Morgan fingerprint density at radius 1 is 0.929 bits per heavy atom. The number of hydrogen-bond donors (Lipinski definition) is 0. The molecule has 2 bridgehead atoms. The van der Waals surface area contributed by atoms with Gasteiger partial charge in [0, 0.05) is 34.3 Å². The van der Waals surface area contributed by atoms with Crippen LogP contribution in [0, 0.1) is 6.92 Å². The molecule has 0 amide bonds. The summed E-state index contributed by atoms with van der Waals surface area (Å²) in [5, 5.41) is 2.40. The second-order valence-electron chi connectivity index (χ2n) is 8.47. The molecule has 3 aliphatic rings. The van der Waals surface area contributed by atoms with Crippen LogP contribution in [0.4, 0.5) is 11.4 Å². The highest BCUT2D eigenvalue weighted by atomic mass is 16.3. The van der Waals surface area contributed by atoms with Crippen LogP contribution in [0.2, 0.25) is 0 Å². The van der Waals surface area contributed by atoms with E-state index in [2.05, 4.69) is 85.2 Å². The lowest BCUT2D eigenvalue weighted by Gasteiger charge is -2.61. The Hall–Kier alpha value is -2.94. The Kier molecular flexibility index (Phi) is 3.05. The Labute approximate surface area is 165 Å². The fraction of sp³-hybridized carbons (Fsp3) is 0.280. The molecule has 1 aromatic heterocycles. The van der Waals surface area contributed by atoms with Crippen molar-refractivity contribution in [1.29, 1.82) is 0 Å². The van der Waals surface area contributed by atoms with Crippen molar-refractivity contribution in [2.24, 2.45) is 0 Å². The van der Waals surface area contributed by atoms with Gasteiger partial charge < -0.3 is 14.2 Å². The molecule has 4 aromatic rings. The van der Waals surface area contributed by atoms with E-state index in [-0.39, 0.29) is 5.54 Å². The standard InChI is InChI=1S/C25H24N2O/c1-16-14-24-19(18-8-4-7-11-23(18)28-24)15-22(16)27-17(2)26-13-12-25(27,3)20-9-5-6-10-21(20)26/h4-11,14-15,17H,12-13H2,1-3H3. The molecule has 3 heteroatoms. The Morgan fingerprint density at radius 2 is 1.71 bits per heavy atom.